The Labute approximate surface area is 154 Å². The molecule has 1 amide bonds. The minimum Gasteiger partial charge on any atom is -0.493 e. The van der Waals surface area contributed by atoms with E-state index in [4.69, 9.17) is 4.74 Å². The highest BCUT2D eigenvalue weighted by Gasteiger charge is 2.20. The Morgan fingerprint density at radius 1 is 1.11 bits per heavy atom. The van der Waals surface area contributed by atoms with Crippen LogP contribution in [0.2, 0.25) is 0 Å². The number of carbonyl (C=O) groups excluding carboxylic acids is 1. The van der Waals surface area contributed by atoms with Crippen LogP contribution in [0.15, 0.2) is 48.5 Å². The SMILES string of the molecule is COc1cc(C(=O)NCC(Cc2ccccc2)C(=O)O)ccc1OC(F)F. The number of carboxylic acids is 1. The molecule has 27 heavy (non-hydrogen) atoms. The van der Waals surface area contributed by atoms with Crippen LogP contribution in [0.5, 0.6) is 11.5 Å². The van der Waals surface area contributed by atoms with Gasteiger partial charge < -0.3 is 19.9 Å². The van der Waals surface area contributed by atoms with Crippen LogP contribution in [0.4, 0.5) is 8.78 Å². The van der Waals surface area contributed by atoms with E-state index >= 15 is 0 Å². The Morgan fingerprint density at radius 3 is 2.41 bits per heavy atom. The van der Waals surface area contributed by atoms with Gasteiger partial charge in [0.2, 0.25) is 0 Å². The molecule has 2 rings (SSSR count). The maximum atomic E-state index is 12.3. The zero-order valence-electron chi connectivity index (χ0n) is 14.5. The van der Waals surface area contributed by atoms with Gasteiger partial charge in [0.1, 0.15) is 0 Å². The maximum absolute atomic E-state index is 12.3. The predicted molar refractivity (Wildman–Crippen MR) is 93.2 cm³/mol. The molecule has 0 bridgehead atoms. The molecule has 0 heterocycles. The van der Waals surface area contributed by atoms with Crippen molar-refractivity contribution < 1.29 is 33.0 Å². The third kappa shape index (κ3) is 5.95. The van der Waals surface area contributed by atoms with Crippen molar-refractivity contribution >= 4 is 11.9 Å². The number of benzene rings is 2. The highest BCUT2D eigenvalue weighted by Crippen LogP contribution is 2.29. The molecule has 0 aromatic heterocycles. The number of alkyl halides is 2. The molecule has 0 radical (unpaired) electrons. The van der Waals surface area contributed by atoms with Crippen molar-refractivity contribution in [3.8, 4) is 11.5 Å². The molecule has 2 aromatic rings. The summed E-state index contributed by atoms with van der Waals surface area (Å²) in [6.45, 7) is -3.10. The first-order valence-corrected chi connectivity index (χ1v) is 8.08. The Morgan fingerprint density at radius 2 is 1.81 bits per heavy atom. The highest BCUT2D eigenvalue weighted by atomic mass is 19.3. The predicted octanol–water partition coefficient (Wildman–Crippen LogP) is 2.97. The van der Waals surface area contributed by atoms with Gasteiger partial charge in [-0.25, -0.2) is 0 Å². The van der Waals surface area contributed by atoms with Crippen LogP contribution in [-0.2, 0) is 11.2 Å². The van der Waals surface area contributed by atoms with E-state index in [9.17, 15) is 23.5 Å². The third-order valence-corrected chi connectivity index (χ3v) is 3.83. The fourth-order valence-electron chi connectivity index (χ4n) is 2.47. The second kappa shape index (κ2) is 9.51. The summed E-state index contributed by atoms with van der Waals surface area (Å²) in [5, 5.41) is 11.9. The van der Waals surface area contributed by atoms with E-state index < -0.39 is 24.4 Å². The fraction of sp³-hybridized carbons (Fsp3) is 0.263. The zero-order chi connectivity index (χ0) is 19.8. The van der Waals surface area contributed by atoms with Crippen molar-refractivity contribution in [1.82, 2.24) is 5.32 Å². The van der Waals surface area contributed by atoms with Crippen LogP contribution in [0.3, 0.4) is 0 Å². The number of carboxylic acid groups (broad SMARTS) is 1. The van der Waals surface area contributed by atoms with Crippen molar-refractivity contribution in [3.63, 3.8) is 0 Å². The minimum absolute atomic E-state index is 0.0259. The van der Waals surface area contributed by atoms with Gasteiger partial charge in [0.15, 0.2) is 11.5 Å². The Bertz CT molecular complexity index is 783. The summed E-state index contributed by atoms with van der Waals surface area (Å²) in [5.74, 6) is -2.60. The molecule has 0 aliphatic carbocycles. The minimum atomic E-state index is -3.02. The lowest BCUT2D eigenvalue weighted by Crippen LogP contribution is -2.34. The maximum Gasteiger partial charge on any atom is 0.387 e. The smallest absolute Gasteiger partial charge is 0.387 e. The average molecular weight is 379 g/mol. The standard InChI is InChI=1S/C19H19F2NO5/c1-26-16-10-13(7-8-15(16)27-19(20)21)17(23)22-11-14(18(24)25)9-12-5-3-2-4-6-12/h2-8,10,14,19H,9,11H2,1H3,(H,22,23)(H,24,25). The van der Waals surface area contributed by atoms with E-state index in [2.05, 4.69) is 10.1 Å². The van der Waals surface area contributed by atoms with Crippen LogP contribution in [0, 0.1) is 5.92 Å². The lowest BCUT2D eigenvalue weighted by atomic mass is 9.99. The number of carbonyl (C=O) groups is 2. The molecule has 8 heteroatoms. The van der Waals surface area contributed by atoms with E-state index in [0.29, 0.717) is 0 Å². The molecular weight excluding hydrogens is 360 g/mol. The summed E-state index contributed by atoms with van der Waals surface area (Å²) in [7, 11) is 1.26. The Balaban J connectivity index is 2.03. The van der Waals surface area contributed by atoms with E-state index in [-0.39, 0.29) is 30.0 Å². The molecule has 0 aliphatic rings. The number of amides is 1. The lowest BCUT2D eigenvalue weighted by Gasteiger charge is -2.15. The van der Waals surface area contributed by atoms with Gasteiger partial charge in [-0.3, -0.25) is 9.59 Å². The number of rotatable bonds is 9. The molecule has 1 atom stereocenters. The quantitative estimate of drug-likeness (QED) is 0.700. The summed E-state index contributed by atoms with van der Waals surface area (Å²) >= 11 is 0. The molecule has 0 spiro atoms. The van der Waals surface area contributed by atoms with Gasteiger partial charge in [-0.15, -0.1) is 0 Å². The number of ether oxygens (including phenoxy) is 2. The number of hydrogen-bond acceptors (Lipinski definition) is 4. The van der Waals surface area contributed by atoms with Crippen LogP contribution in [-0.4, -0.2) is 37.2 Å². The number of nitrogens with one attached hydrogen (secondary N) is 1. The summed E-state index contributed by atoms with van der Waals surface area (Å²) in [6, 6.07) is 12.8. The number of hydrogen-bond donors (Lipinski definition) is 2. The largest absolute Gasteiger partial charge is 0.493 e. The van der Waals surface area contributed by atoms with Crippen molar-refractivity contribution in [2.45, 2.75) is 13.0 Å². The molecule has 1 unspecified atom stereocenters. The van der Waals surface area contributed by atoms with Crippen molar-refractivity contribution in [2.24, 2.45) is 5.92 Å². The topological polar surface area (TPSA) is 84.9 Å². The molecular formula is C19H19F2NO5. The molecule has 144 valence electrons. The molecule has 0 fully saturated rings. The van der Waals surface area contributed by atoms with Crippen molar-refractivity contribution in [2.75, 3.05) is 13.7 Å². The van der Waals surface area contributed by atoms with E-state index in [1.165, 1.54) is 25.3 Å². The van der Waals surface area contributed by atoms with Crippen LogP contribution in [0.25, 0.3) is 0 Å². The van der Waals surface area contributed by atoms with Gasteiger partial charge in [-0.05, 0) is 30.2 Å². The first-order valence-electron chi connectivity index (χ1n) is 8.08. The average Bonchev–Trinajstić information content (AvgIpc) is 2.65. The lowest BCUT2D eigenvalue weighted by molar-refractivity contribution is -0.141. The third-order valence-electron chi connectivity index (χ3n) is 3.83. The van der Waals surface area contributed by atoms with Crippen LogP contribution in [0.1, 0.15) is 15.9 Å². The molecule has 0 saturated heterocycles. The first-order chi connectivity index (χ1) is 12.9. The van der Waals surface area contributed by atoms with Gasteiger partial charge in [-0.2, -0.15) is 8.78 Å². The molecule has 2 aromatic carbocycles. The second-order valence-electron chi connectivity index (χ2n) is 5.68. The summed E-state index contributed by atoms with van der Waals surface area (Å²) < 4.78 is 33.9. The Kier molecular flexibility index (Phi) is 7.10. The summed E-state index contributed by atoms with van der Waals surface area (Å²) in [4.78, 5) is 23.7. The summed E-state index contributed by atoms with van der Waals surface area (Å²) in [6.07, 6.45) is 0.265. The van der Waals surface area contributed by atoms with E-state index in [0.717, 1.165) is 5.56 Å². The number of halogens is 2. The van der Waals surface area contributed by atoms with Gasteiger partial charge in [0.05, 0.1) is 13.0 Å². The molecule has 6 nitrogen and oxygen atoms in total. The van der Waals surface area contributed by atoms with E-state index in [1.807, 2.05) is 30.3 Å². The number of aliphatic carboxylic acids is 1. The first kappa shape index (κ1) is 20.2. The Hall–Kier alpha value is -3.16. The highest BCUT2D eigenvalue weighted by molar-refractivity contribution is 5.95. The fourth-order valence-corrected chi connectivity index (χ4v) is 2.47. The van der Waals surface area contributed by atoms with Crippen LogP contribution < -0.4 is 14.8 Å². The van der Waals surface area contributed by atoms with E-state index in [1.54, 1.807) is 0 Å². The van der Waals surface area contributed by atoms with Crippen molar-refractivity contribution in [1.29, 1.82) is 0 Å². The van der Waals surface area contributed by atoms with Gasteiger partial charge in [0.25, 0.3) is 5.91 Å². The normalized spacial score (nSPS) is 11.7. The van der Waals surface area contributed by atoms with Gasteiger partial charge >= 0.3 is 12.6 Å². The second-order valence-corrected chi connectivity index (χ2v) is 5.68. The summed E-state index contributed by atoms with van der Waals surface area (Å²) in [5.41, 5.74) is 0.978. The van der Waals surface area contributed by atoms with Gasteiger partial charge in [0, 0.05) is 12.1 Å². The molecule has 0 saturated carbocycles. The van der Waals surface area contributed by atoms with Crippen LogP contribution >= 0.6 is 0 Å². The molecule has 2 N–H and O–H groups in total. The van der Waals surface area contributed by atoms with Gasteiger partial charge in [-0.1, -0.05) is 30.3 Å². The zero-order valence-corrected chi connectivity index (χ0v) is 14.5. The van der Waals surface area contributed by atoms with Crippen molar-refractivity contribution in [3.05, 3.63) is 59.7 Å². The number of methoxy groups -OCH3 is 1. The monoisotopic (exact) mass is 379 g/mol. The molecule has 0 aliphatic heterocycles.